The van der Waals surface area contributed by atoms with E-state index in [-0.39, 0.29) is 49.1 Å². The van der Waals surface area contributed by atoms with Gasteiger partial charge in [-0.3, -0.25) is 14.5 Å². The maximum atomic E-state index is 13.4. The molecule has 0 bridgehead atoms. The van der Waals surface area contributed by atoms with Crippen molar-refractivity contribution in [3.05, 3.63) is 35.4 Å². The van der Waals surface area contributed by atoms with Gasteiger partial charge in [-0.1, -0.05) is 36.1 Å². The van der Waals surface area contributed by atoms with E-state index in [1.54, 1.807) is 13.0 Å². The first-order chi connectivity index (χ1) is 15.2. The van der Waals surface area contributed by atoms with Gasteiger partial charge in [-0.05, 0) is 37.7 Å². The van der Waals surface area contributed by atoms with Crippen molar-refractivity contribution in [2.45, 2.75) is 38.0 Å². The molecule has 0 aliphatic carbocycles. The van der Waals surface area contributed by atoms with Crippen LogP contribution in [0.25, 0.3) is 0 Å². The molecule has 6 nitrogen and oxygen atoms in total. The maximum Gasteiger partial charge on any atom is 0.416 e. The lowest BCUT2D eigenvalue weighted by molar-refractivity contribution is -0.138. The minimum atomic E-state index is -4.39. The Balaban J connectivity index is 1.89. The van der Waals surface area contributed by atoms with E-state index in [1.165, 1.54) is 24.1 Å². The highest BCUT2D eigenvalue weighted by Gasteiger charge is 2.36. The Morgan fingerprint density at radius 1 is 1.25 bits per heavy atom. The van der Waals surface area contributed by atoms with E-state index in [9.17, 15) is 22.8 Å². The second-order valence-corrected chi connectivity index (χ2v) is 8.38. The first-order valence-electron chi connectivity index (χ1n) is 10.3. The van der Waals surface area contributed by atoms with Crippen LogP contribution in [0.5, 0.6) is 0 Å². The topological polar surface area (TPSA) is 64.7 Å². The standard InChI is InChI=1S/C22H29F3N4O2S/c1-4-11-26-20(30)14-27-21(31)15-29(32-3)17-9-12-28(13-10-17)16(2)18-7-5-6-8-19(18)22(23,24)25/h1,5-8,16-17H,9-15H2,2-3H3,(H,26,30)(H,27,31). The smallest absolute Gasteiger partial charge is 0.346 e. The molecule has 2 amide bonds. The summed E-state index contributed by atoms with van der Waals surface area (Å²) in [5.74, 6) is 1.66. The fraction of sp³-hybridized carbons (Fsp3) is 0.545. The summed E-state index contributed by atoms with van der Waals surface area (Å²) in [7, 11) is 0. The molecule has 10 heteroatoms. The number of halogens is 3. The van der Waals surface area contributed by atoms with Crippen molar-refractivity contribution in [2.24, 2.45) is 0 Å². The molecule has 1 aromatic rings. The summed E-state index contributed by atoms with van der Waals surface area (Å²) in [6, 6.07) is 5.46. The predicted molar refractivity (Wildman–Crippen MR) is 120 cm³/mol. The third-order valence-electron chi connectivity index (χ3n) is 5.54. The Bertz CT molecular complexity index is 820. The van der Waals surface area contributed by atoms with E-state index in [0.717, 1.165) is 18.9 Å². The van der Waals surface area contributed by atoms with E-state index in [1.807, 2.05) is 10.6 Å². The number of nitrogens with zero attached hydrogens (tertiary/aromatic N) is 2. The first-order valence-corrected chi connectivity index (χ1v) is 11.5. The molecule has 0 radical (unpaired) electrons. The number of carbonyl (C=O) groups is 2. The van der Waals surface area contributed by atoms with E-state index in [2.05, 4.69) is 21.5 Å². The Morgan fingerprint density at radius 2 is 1.91 bits per heavy atom. The molecule has 1 aliphatic rings. The number of terminal acetylenes is 1. The molecule has 1 heterocycles. The average molecular weight is 471 g/mol. The molecule has 1 unspecified atom stereocenters. The number of amides is 2. The maximum absolute atomic E-state index is 13.4. The molecule has 1 saturated heterocycles. The van der Waals surface area contributed by atoms with Crippen molar-refractivity contribution >= 4 is 23.8 Å². The molecule has 2 N–H and O–H groups in total. The number of carbonyl (C=O) groups excluding carboxylic acids is 2. The number of rotatable bonds is 9. The van der Waals surface area contributed by atoms with E-state index in [0.29, 0.717) is 13.1 Å². The average Bonchev–Trinajstić information content (AvgIpc) is 2.79. The van der Waals surface area contributed by atoms with E-state index < -0.39 is 11.7 Å². The van der Waals surface area contributed by atoms with Crippen LogP contribution in [0, 0.1) is 12.3 Å². The highest BCUT2D eigenvalue weighted by Crippen LogP contribution is 2.37. The molecule has 1 aliphatic heterocycles. The van der Waals surface area contributed by atoms with Crippen molar-refractivity contribution in [3.8, 4) is 12.3 Å². The SMILES string of the molecule is C#CCNC(=O)CNC(=O)CN(SC)C1CCN(C(C)c2ccccc2C(F)(F)F)CC1. The minimum Gasteiger partial charge on any atom is -0.346 e. The minimum absolute atomic E-state index is 0.107. The summed E-state index contributed by atoms with van der Waals surface area (Å²) in [6.07, 6.45) is 4.03. The van der Waals surface area contributed by atoms with Crippen LogP contribution in [0.15, 0.2) is 24.3 Å². The largest absolute Gasteiger partial charge is 0.416 e. The number of likely N-dealkylation sites (tertiary alicyclic amines) is 1. The van der Waals surface area contributed by atoms with Gasteiger partial charge in [0.2, 0.25) is 11.8 Å². The van der Waals surface area contributed by atoms with Crippen molar-refractivity contribution in [1.29, 1.82) is 0 Å². The molecule has 0 saturated carbocycles. The third-order valence-corrected chi connectivity index (χ3v) is 6.43. The second-order valence-electron chi connectivity index (χ2n) is 7.54. The van der Waals surface area contributed by atoms with Gasteiger partial charge in [-0.25, -0.2) is 4.31 Å². The Hall–Kier alpha value is -2.22. The normalized spacial score (nSPS) is 16.4. The number of hydrogen-bond donors (Lipinski definition) is 2. The van der Waals surface area contributed by atoms with Gasteiger partial charge >= 0.3 is 6.18 Å². The third kappa shape index (κ3) is 7.43. The van der Waals surface area contributed by atoms with Gasteiger partial charge in [-0.2, -0.15) is 13.2 Å². The molecule has 0 aromatic heterocycles. The molecule has 0 spiro atoms. The summed E-state index contributed by atoms with van der Waals surface area (Å²) < 4.78 is 42.1. The van der Waals surface area contributed by atoms with E-state index in [4.69, 9.17) is 6.42 Å². The number of alkyl halides is 3. The Kier molecular flexibility index (Phi) is 9.87. The lowest BCUT2D eigenvalue weighted by atomic mass is 9.96. The fourth-order valence-corrected chi connectivity index (χ4v) is 4.56. The van der Waals surface area contributed by atoms with Crippen LogP contribution in [-0.4, -0.2) is 66.0 Å². The number of benzene rings is 1. The summed E-state index contributed by atoms with van der Waals surface area (Å²) in [6.45, 7) is 3.15. The van der Waals surface area contributed by atoms with Crippen LogP contribution >= 0.6 is 11.9 Å². The molecular weight excluding hydrogens is 441 g/mol. The Morgan fingerprint density at radius 3 is 2.50 bits per heavy atom. The monoisotopic (exact) mass is 470 g/mol. The quantitative estimate of drug-likeness (QED) is 0.429. The first kappa shape index (κ1) is 26.0. The van der Waals surface area contributed by atoms with Crippen LogP contribution in [-0.2, 0) is 15.8 Å². The molecule has 176 valence electrons. The summed E-state index contributed by atoms with van der Waals surface area (Å²) in [5, 5.41) is 5.05. The number of piperidine rings is 1. The second kappa shape index (κ2) is 12.1. The molecular formula is C22H29F3N4O2S. The summed E-state index contributed by atoms with van der Waals surface area (Å²) in [5.41, 5.74) is -0.314. The van der Waals surface area contributed by atoms with Gasteiger partial charge in [-0.15, -0.1) is 6.42 Å². The van der Waals surface area contributed by atoms with Crippen molar-refractivity contribution in [1.82, 2.24) is 19.8 Å². The molecule has 2 rings (SSSR count). The number of nitrogens with one attached hydrogen (secondary N) is 2. The van der Waals surface area contributed by atoms with Gasteiger partial charge in [0.05, 0.1) is 25.2 Å². The predicted octanol–water partition coefficient (Wildman–Crippen LogP) is 2.68. The highest BCUT2D eigenvalue weighted by atomic mass is 32.2. The van der Waals surface area contributed by atoms with E-state index >= 15 is 0 Å². The molecule has 32 heavy (non-hydrogen) atoms. The summed E-state index contributed by atoms with van der Waals surface area (Å²) >= 11 is 1.44. The highest BCUT2D eigenvalue weighted by molar-refractivity contribution is 7.96. The zero-order valence-corrected chi connectivity index (χ0v) is 19.1. The van der Waals surface area contributed by atoms with Gasteiger partial charge in [0, 0.05) is 25.2 Å². The molecule has 1 atom stereocenters. The van der Waals surface area contributed by atoms with Crippen LogP contribution in [0.3, 0.4) is 0 Å². The lowest BCUT2D eigenvalue weighted by Crippen LogP contribution is -2.47. The lowest BCUT2D eigenvalue weighted by Gasteiger charge is -2.40. The van der Waals surface area contributed by atoms with Crippen molar-refractivity contribution < 1.29 is 22.8 Å². The van der Waals surface area contributed by atoms with Crippen LogP contribution in [0.1, 0.15) is 36.9 Å². The molecule has 1 aromatic carbocycles. The fourth-order valence-electron chi connectivity index (χ4n) is 3.81. The van der Waals surface area contributed by atoms with Crippen molar-refractivity contribution in [3.63, 3.8) is 0 Å². The zero-order chi connectivity index (χ0) is 23.7. The van der Waals surface area contributed by atoms with Gasteiger partial charge in [0.1, 0.15) is 0 Å². The van der Waals surface area contributed by atoms with Crippen molar-refractivity contribution in [2.75, 3.05) is 39.0 Å². The molecule has 1 fully saturated rings. The van der Waals surface area contributed by atoms with Crippen LogP contribution in [0.2, 0.25) is 0 Å². The van der Waals surface area contributed by atoms with Gasteiger partial charge < -0.3 is 10.6 Å². The summed E-state index contributed by atoms with van der Waals surface area (Å²) in [4.78, 5) is 25.8. The Labute approximate surface area is 191 Å². The van der Waals surface area contributed by atoms with Gasteiger partial charge in [0.25, 0.3) is 0 Å². The zero-order valence-electron chi connectivity index (χ0n) is 18.2. The van der Waals surface area contributed by atoms with Crippen LogP contribution < -0.4 is 10.6 Å². The van der Waals surface area contributed by atoms with Gasteiger partial charge in [0.15, 0.2) is 0 Å². The number of hydrogen-bond acceptors (Lipinski definition) is 5. The van der Waals surface area contributed by atoms with Crippen LogP contribution in [0.4, 0.5) is 13.2 Å².